The molecular formula is C16H7N2NaO6. The number of hydrogen-bond donors (Lipinski definition) is 1. The van der Waals surface area contributed by atoms with E-state index in [0.29, 0.717) is 4.90 Å². The summed E-state index contributed by atoms with van der Waals surface area (Å²) in [5, 5.41) is 13.4. The van der Waals surface area contributed by atoms with Crippen LogP contribution in [0, 0.1) is 0 Å². The van der Waals surface area contributed by atoms with Gasteiger partial charge in [-0.2, -0.15) is 0 Å². The van der Waals surface area contributed by atoms with Crippen LogP contribution in [0.3, 0.4) is 0 Å². The molecule has 9 heteroatoms. The fraction of sp³-hybridized carbons (Fsp3) is 0.0625. The first kappa shape index (κ1) is 17.3. The summed E-state index contributed by atoms with van der Waals surface area (Å²) in [6.45, 7) is -0.873. The average molecular weight is 346 g/mol. The molecule has 0 aromatic heterocycles. The second-order valence-corrected chi connectivity index (χ2v) is 5.42. The first-order valence-corrected chi connectivity index (χ1v) is 6.91. The number of nitrogens with zero attached hydrogens (tertiary/aromatic N) is 1. The van der Waals surface area contributed by atoms with Crippen molar-refractivity contribution >= 4 is 40.4 Å². The summed E-state index contributed by atoms with van der Waals surface area (Å²) >= 11 is 0. The fourth-order valence-corrected chi connectivity index (χ4v) is 3.12. The minimum atomic E-state index is -1.57. The Balaban J connectivity index is 0.00000182. The molecule has 8 nitrogen and oxygen atoms in total. The van der Waals surface area contributed by atoms with Crippen LogP contribution in [0.15, 0.2) is 24.3 Å². The van der Waals surface area contributed by atoms with Crippen molar-refractivity contribution < 1.29 is 58.6 Å². The molecular weight excluding hydrogens is 339 g/mol. The number of amides is 4. The Labute approximate surface area is 162 Å². The van der Waals surface area contributed by atoms with Gasteiger partial charge in [0.2, 0.25) is 0 Å². The molecule has 0 saturated carbocycles. The van der Waals surface area contributed by atoms with Gasteiger partial charge in [-0.05, 0) is 24.3 Å². The van der Waals surface area contributed by atoms with Gasteiger partial charge in [0.25, 0.3) is 23.6 Å². The molecule has 0 radical (unpaired) electrons. The number of carbonyl (C=O) groups excluding carboxylic acids is 5. The summed E-state index contributed by atoms with van der Waals surface area (Å²) in [5.74, 6) is -4.42. The number of carboxylic acid groups (broad SMARTS) is 1. The summed E-state index contributed by atoms with van der Waals surface area (Å²) in [7, 11) is 0. The van der Waals surface area contributed by atoms with Gasteiger partial charge in [-0.3, -0.25) is 29.4 Å². The summed E-state index contributed by atoms with van der Waals surface area (Å²) < 4.78 is 0. The van der Waals surface area contributed by atoms with Gasteiger partial charge in [0, 0.05) is 33.0 Å². The van der Waals surface area contributed by atoms with E-state index in [9.17, 15) is 29.1 Å². The van der Waals surface area contributed by atoms with Gasteiger partial charge in [0.05, 0.1) is 12.5 Å². The first-order valence-electron chi connectivity index (χ1n) is 6.91. The van der Waals surface area contributed by atoms with E-state index in [1.54, 1.807) is 0 Å². The fourth-order valence-electron chi connectivity index (χ4n) is 3.12. The number of nitrogens with one attached hydrogen (secondary N) is 1. The van der Waals surface area contributed by atoms with E-state index in [1.165, 1.54) is 24.3 Å². The largest absolute Gasteiger partial charge is 1.00 e. The van der Waals surface area contributed by atoms with Crippen molar-refractivity contribution in [1.29, 1.82) is 0 Å². The summed E-state index contributed by atoms with van der Waals surface area (Å²) in [4.78, 5) is 60.3. The van der Waals surface area contributed by atoms with E-state index in [-0.39, 0.29) is 62.6 Å². The molecule has 2 aromatic rings. The molecule has 0 saturated heterocycles. The zero-order valence-corrected chi connectivity index (χ0v) is 14.9. The third-order valence-electron chi connectivity index (χ3n) is 4.12. The first-order chi connectivity index (χ1) is 11.4. The molecule has 2 aliphatic rings. The minimum Gasteiger partial charge on any atom is -0.548 e. The third kappa shape index (κ3) is 2.30. The van der Waals surface area contributed by atoms with E-state index < -0.39 is 36.1 Å². The molecule has 2 heterocycles. The summed E-state index contributed by atoms with van der Waals surface area (Å²) in [6, 6.07) is 5.43. The number of carbonyl (C=O) groups is 5. The van der Waals surface area contributed by atoms with E-state index in [1.807, 2.05) is 0 Å². The van der Waals surface area contributed by atoms with Gasteiger partial charge >= 0.3 is 29.6 Å². The van der Waals surface area contributed by atoms with Crippen LogP contribution in [0.1, 0.15) is 41.4 Å². The van der Waals surface area contributed by atoms with Crippen LogP contribution in [0.25, 0.3) is 10.8 Å². The molecule has 4 rings (SSSR count). The number of imide groups is 2. The van der Waals surface area contributed by atoms with Crippen LogP contribution in [0.4, 0.5) is 0 Å². The summed E-state index contributed by atoms with van der Waals surface area (Å²) in [6.07, 6.45) is 0. The monoisotopic (exact) mass is 346 g/mol. The van der Waals surface area contributed by atoms with Gasteiger partial charge in [0.15, 0.2) is 0 Å². The Kier molecular flexibility index (Phi) is 3.98. The van der Waals surface area contributed by atoms with Gasteiger partial charge < -0.3 is 9.90 Å². The SMILES string of the molecule is O=C([O-])CN1C(=O)c2ccc3c4c(ccc(c24)C1=O)C(=O)NC3=O.[Na+]. The van der Waals surface area contributed by atoms with Crippen LogP contribution in [0.5, 0.6) is 0 Å². The van der Waals surface area contributed by atoms with Crippen LogP contribution < -0.4 is 40.0 Å². The van der Waals surface area contributed by atoms with Crippen molar-refractivity contribution in [1.82, 2.24) is 10.2 Å². The molecule has 0 aliphatic carbocycles. The molecule has 1 N–H and O–H groups in total. The molecule has 2 aromatic carbocycles. The van der Waals surface area contributed by atoms with Crippen molar-refractivity contribution in [2.75, 3.05) is 6.54 Å². The zero-order chi connectivity index (χ0) is 17.2. The predicted molar refractivity (Wildman–Crippen MR) is 76.1 cm³/mol. The molecule has 2 aliphatic heterocycles. The molecule has 0 bridgehead atoms. The predicted octanol–water partition coefficient (Wildman–Crippen LogP) is -3.93. The van der Waals surface area contributed by atoms with Crippen LogP contribution >= 0.6 is 0 Å². The second-order valence-electron chi connectivity index (χ2n) is 5.42. The average Bonchev–Trinajstić information content (AvgIpc) is 2.54. The maximum absolute atomic E-state index is 12.5. The number of benzene rings is 2. The molecule has 118 valence electrons. The molecule has 0 atom stereocenters. The molecule has 4 amide bonds. The zero-order valence-electron chi connectivity index (χ0n) is 12.9. The topological polar surface area (TPSA) is 124 Å². The van der Waals surface area contributed by atoms with Crippen molar-refractivity contribution in [3.8, 4) is 0 Å². The summed E-state index contributed by atoms with van der Waals surface area (Å²) in [5.41, 5.74) is 0.487. The molecule has 0 unspecified atom stereocenters. The molecule has 0 fully saturated rings. The van der Waals surface area contributed by atoms with Gasteiger partial charge in [0.1, 0.15) is 0 Å². The van der Waals surface area contributed by atoms with Crippen molar-refractivity contribution in [3.63, 3.8) is 0 Å². The number of rotatable bonds is 2. The molecule has 25 heavy (non-hydrogen) atoms. The van der Waals surface area contributed by atoms with E-state index in [4.69, 9.17) is 0 Å². The van der Waals surface area contributed by atoms with Crippen LogP contribution in [0.2, 0.25) is 0 Å². The van der Waals surface area contributed by atoms with Crippen LogP contribution in [-0.2, 0) is 4.79 Å². The number of hydrogen-bond acceptors (Lipinski definition) is 6. The Morgan fingerprint density at radius 2 is 1.24 bits per heavy atom. The van der Waals surface area contributed by atoms with Crippen molar-refractivity contribution in [2.24, 2.45) is 0 Å². The van der Waals surface area contributed by atoms with E-state index >= 15 is 0 Å². The Bertz CT molecular complexity index is 960. The minimum absolute atomic E-state index is 0. The normalized spacial score (nSPS) is 15.1. The Morgan fingerprint density at radius 1 is 0.840 bits per heavy atom. The van der Waals surface area contributed by atoms with E-state index in [0.717, 1.165) is 0 Å². The molecule has 0 spiro atoms. The quantitative estimate of drug-likeness (QED) is 0.438. The smallest absolute Gasteiger partial charge is 0.548 e. The third-order valence-corrected chi connectivity index (χ3v) is 4.12. The maximum Gasteiger partial charge on any atom is 1.00 e. The van der Waals surface area contributed by atoms with Gasteiger partial charge in [-0.15, -0.1) is 0 Å². The van der Waals surface area contributed by atoms with Crippen molar-refractivity contribution in [2.45, 2.75) is 0 Å². The number of carboxylic acids is 1. The second kappa shape index (κ2) is 5.76. The maximum atomic E-state index is 12.5. The van der Waals surface area contributed by atoms with Crippen molar-refractivity contribution in [3.05, 3.63) is 46.5 Å². The number of aliphatic carboxylic acids is 1. The van der Waals surface area contributed by atoms with Gasteiger partial charge in [-0.1, -0.05) is 0 Å². The van der Waals surface area contributed by atoms with E-state index in [2.05, 4.69) is 5.32 Å². The van der Waals surface area contributed by atoms with Gasteiger partial charge in [-0.25, -0.2) is 0 Å². The Hall–Kier alpha value is -2.55. The van der Waals surface area contributed by atoms with Crippen LogP contribution in [-0.4, -0.2) is 41.0 Å². The standard InChI is InChI=1S/C16H8N2O6.Na/c19-10(20)5-18-15(23)8-3-1-6-11-7(14(22)17-13(6)21)2-4-9(12(8)11)16(18)24;/h1-4H,5H2,(H,19,20)(H,17,21,22);/q;+1/p-1. The Morgan fingerprint density at radius 3 is 1.68 bits per heavy atom.